The summed E-state index contributed by atoms with van der Waals surface area (Å²) in [7, 11) is -3.25. The van der Waals surface area contributed by atoms with Crippen molar-refractivity contribution in [2.45, 2.75) is 18.9 Å². The van der Waals surface area contributed by atoms with Crippen LogP contribution in [-0.2, 0) is 14.8 Å². The Morgan fingerprint density at radius 1 is 1.33 bits per heavy atom. The van der Waals surface area contributed by atoms with Gasteiger partial charge in [0, 0.05) is 31.3 Å². The van der Waals surface area contributed by atoms with Crippen LogP contribution in [-0.4, -0.2) is 49.5 Å². The number of piperidine rings is 1. The van der Waals surface area contributed by atoms with Crippen molar-refractivity contribution in [3.8, 4) is 0 Å². The number of hydrogen-bond acceptors (Lipinski definition) is 5. The lowest BCUT2D eigenvalue weighted by Crippen LogP contribution is -2.45. The highest BCUT2D eigenvalue weighted by Crippen LogP contribution is 2.19. The van der Waals surface area contributed by atoms with Gasteiger partial charge >= 0.3 is 0 Å². The number of nitrogens with one attached hydrogen (secondary N) is 1. The second-order valence-electron chi connectivity index (χ2n) is 5.64. The molecule has 1 aliphatic heterocycles. The molecule has 1 N–H and O–H groups in total. The molecular formula is C15H19N3O5S. The number of hydrogen-bond donors (Lipinski definition) is 1. The van der Waals surface area contributed by atoms with Gasteiger partial charge in [-0.3, -0.25) is 14.9 Å². The van der Waals surface area contributed by atoms with Crippen LogP contribution in [0.15, 0.2) is 30.3 Å². The number of nitro groups is 1. The Hall–Kier alpha value is -2.26. The maximum atomic E-state index is 12.2. The molecule has 0 bridgehead atoms. The fourth-order valence-corrected chi connectivity index (χ4v) is 3.42. The van der Waals surface area contributed by atoms with Crippen molar-refractivity contribution in [2.75, 3.05) is 19.3 Å². The quantitative estimate of drug-likeness (QED) is 0.485. The highest BCUT2D eigenvalue weighted by molar-refractivity contribution is 7.88. The fourth-order valence-electron chi connectivity index (χ4n) is 2.58. The Bertz CT molecular complexity index is 752. The molecule has 0 saturated carbocycles. The van der Waals surface area contributed by atoms with Crippen molar-refractivity contribution in [2.24, 2.45) is 0 Å². The molecule has 1 aliphatic rings. The molecule has 0 aromatic heterocycles. The van der Waals surface area contributed by atoms with E-state index in [0.29, 0.717) is 31.5 Å². The Morgan fingerprint density at radius 2 is 1.96 bits per heavy atom. The minimum atomic E-state index is -3.25. The van der Waals surface area contributed by atoms with E-state index in [9.17, 15) is 23.3 Å². The third-order valence-corrected chi connectivity index (χ3v) is 4.49. The van der Waals surface area contributed by atoms with E-state index in [0.717, 1.165) is 6.26 Å². The largest absolute Gasteiger partial charge is 0.339 e. The van der Waals surface area contributed by atoms with Crippen LogP contribution in [0.4, 0.5) is 5.69 Å². The van der Waals surface area contributed by atoms with Crippen molar-refractivity contribution >= 4 is 27.7 Å². The van der Waals surface area contributed by atoms with Gasteiger partial charge in [-0.2, -0.15) is 0 Å². The molecule has 0 unspecified atom stereocenters. The summed E-state index contributed by atoms with van der Waals surface area (Å²) < 4.78 is 24.9. The van der Waals surface area contributed by atoms with Crippen molar-refractivity contribution < 1.29 is 18.1 Å². The maximum absolute atomic E-state index is 12.2. The summed E-state index contributed by atoms with van der Waals surface area (Å²) in [6.45, 7) is 0.875. The van der Waals surface area contributed by atoms with E-state index >= 15 is 0 Å². The third-order valence-electron chi connectivity index (χ3n) is 3.73. The lowest BCUT2D eigenvalue weighted by molar-refractivity contribution is -0.385. The van der Waals surface area contributed by atoms with Crippen LogP contribution in [0, 0.1) is 10.1 Å². The standard InChI is InChI=1S/C15H19N3O5S/c1-24(22,23)16-13-8-10-17(11-9-13)15(19)7-6-12-4-2-3-5-14(12)18(20)21/h2-7,13,16H,8-11H2,1H3/b7-6+. The SMILES string of the molecule is CS(=O)(=O)NC1CCN(C(=O)/C=C/c2ccccc2[N+](=O)[O-])CC1. The highest BCUT2D eigenvalue weighted by atomic mass is 32.2. The molecular weight excluding hydrogens is 334 g/mol. The van der Waals surface area contributed by atoms with Gasteiger partial charge in [0.25, 0.3) is 5.69 Å². The summed E-state index contributed by atoms with van der Waals surface area (Å²) in [6, 6.07) is 6.02. The molecule has 1 fully saturated rings. The van der Waals surface area contributed by atoms with Gasteiger partial charge < -0.3 is 4.90 Å². The van der Waals surface area contributed by atoms with Gasteiger partial charge in [-0.05, 0) is 25.0 Å². The number of amides is 1. The smallest absolute Gasteiger partial charge is 0.276 e. The molecule has 8 nitrogen and oxygen atoms in total. The molecule has 0 atom stereocenters. The molecule has 1 aromatic carbocycles. The topological polar surface area (TPSA) is 110 Å². The molecule has 1 heterocycles. The lowest BCUT2D eigenvalue weighted by atomic mass is 10.1. The second-order valence-corrected chi connectivity index (χ2v) is 7.42. The van der Waals surface area contributed by atoms with E-state index in [2.05, 4.69) is 4.72 Å². The van der Waals surface area contributed by atoms with Crippen LogP contribution < -0.4 is 4.72 Å². The van der Waals surface area contributed by atoms with Crippen LogP contribution in [0.2, 0.25) is 0 Å². The van der Waals surface area contributed by atoms with Crippen molar-refractivity contribution in [1.82, 2.24) is 9.62 Å². The summed E-state index contributed by atoms with van der Waals surface area (Å²) in [5, 5.41) is 10.9. The van der Waals surface area contributed by atoms with Gasteiger partial charge in [0.15, 0.2) is 0 Å². The zero-order valence-electron chi connectivity index (χ0n) is 13.2. The Labute approximate surface area is 140 Å². The number of benzene rings is 1. The molecule has 9 heteroatoms. The monoisotopic (exact) mass is 353 g/mol. The predicted octanol–water partition coefficient (Wildman–Crippen LogP) is 1.15. The summed E-state index contributed by atoms with van der Waals surface area (Å²) in [6.07, 6.45) is 4.93. The predicted molar refractivity (Wildman–Crippen MR) is 89.7 cm³/mol. The van der Waals surface area contributed by atoms with Crippen LogP contribution in [0.1, 0.15) is 18.4 Å². The van der Waals surface area contributed by atoms with Gasteiger partial charge in [0.1, 0.15) is 0 Å². The normalized spacial score (nSPS) is 16.5. The van der Waals surface area contributed by atoms with Crippen LogP contribution in [0.5, 0.6) is 0 Å². The zero-order chi connectivity index (χ0) is 17.7. The average molecular weight is 353 g/mol. The third kappa shape index (κ3) is 5.14. The van der Waals surface area contributed by atoms with Crippen LogP contribution in [0.25, 0.3) is 6.08 Å². The summed E-state index contributed by atoms with van der Waals surface area (Å²) in [5.74, 6) is -0.244. The fraction of sp³-hybridized carbons (Fsp3) is 0.400. The molecule has 1 aromatic rings. The number of sulfonamides is 1. The van der Waals surface area contributed by atoms with E-state index in [1.807, 2.05) is 0 Å². The number of likely N-dealkylation sites (tertiary alicyclic amines) is 1. The molecule has 130 valence electrons. The lowest BCUT2D eigenvalue weighted by Gasteiger charge is -2.31. The minimum absolute atomic E-state index is 0.0578. The highest BCUT2D eigenvalue weighted by Gasteiger charge is 2.23. The number of carbonyl (C=O) groups excluding carboxylic acids is 1. The Balaban J connectivity index is 1.96. The molecule has 0 radical (unpaired) electrons. The van der Waals surface area contributed by atoms with E-state index in [4.69, 9.17) is 0 Å². The van der Waals surface area contributed by atoms with Crippen molar-refractivity contribution in [1.29, 1.82) is 0 Å². The first-order valence-electron chi connectivity index (χ1n) is 7.44. The number of carbonyl (C=O) groups is 1. The van der Waals surface area contributed by atoms with E-state index in [1.165, 1.54) is 18.2 Å². The van der Waals surface area contributed by atoms with Gasteiger partial charge in [-0.25, -0.2) is 13.1 Å². The minimum Gasteiger partial charge on any atom is -0.339 e. The first kappa shape index (κ1) is 18.1. The average Bonchev–Trinajstić information content (AvgIpc) is 2.52. The first-order chi connectivity index (χ1) is 11.3. The summed E-state index contributed by atoms with van der Waals surface area (Å²) in [4.78, 5) is 24.2. The van der Waals surface area contributed by atoms with Crippen molar-refractivity contribution in [3.63, 3.8) is 0 Å². The second kappa shape index (κ2) is 7.54. The van der Waals surface area contributed by atoms with Gasteiger partial charge in [-0.1, -0.05) is 12.1 Å². The van der Waals surface area contributed by atoms with Gasteiger partial charge in [-0.15, -0.1) is 0 Å². The Kier molecular flexibility index (Phi) is 5.68. The molecule has 1 saturated heterocycles. The summed E-state index contributed by atoms with van der Waals surface area (Å²) >= 11 is 0. The maximum Gasteiger partial charge on any atom is 0.276 e. The number of rotatable bonds is 5. The van der Waals surface area contributed by atoms with Crippen LogP contribution in [0.3, 0.4) is 0 Å². The van der Waals surface area contributed by atoms with E-state index < -0.39 is 14.9 Å². The van der Waals surface area contributed by atoms with Crippen molar-refractivity contribution in [3.05, 3.63) is 46.0 Å². The zero-order valence-corrected chi connectivity index (χ0v) is 14.0. The van der Waals surface area contributed by atoms with E-state index in [1.54, 1.807) is 23.1 Å². The molecule has 1 amide bonds. The number of para-hydroxylation sites is 1. The number of nitro benzene ring substituents is 1. The van der Waals surface area contributed by atoms with Gasteiger partial charge in [0.05, 0.1) is 16.7 Å². The van der Waals surface area contributed by atoms with Gasteiger partial charge in [0.2, 0.25) is 15.9 Å². The number of nitrogens with zero attached hydrogens (tertiary/aromatic N) is 2. The molecule has 2 rings (SSSR count). The van der Waals surface area contributed by atoms with E-state index in [-0.39, 0.29) is 17.6 Å². The molecule has 24 heavy (non-hydrogen) atoms. The van der Waals surface area contributed by atoms with Crippen LogP contribution >= 0.6 is 0 Å². The Morgan fingerprint density at radius 3 is 2.54 bits per heavy atom. The molecule has 0 aliphatic carbocycles. The summed E-state index contributed by atoms with van der Waals surface area (Å²) in [5.41, 5.74) is 0.307. The molecule has 0 spiro atoms. The first-order valence-corrected chi connectivity index (χ1v) is 9.33.